The zero-order chi connectivity index (χ0) is 11.1. The van der Waals surface area contributed by atoms with Crippen molar-refractivity contribution < 1.29 is 9.15 Å². The van der Waals surface area contributed by atoms with Crippen LogP contribution >= 0.6 is 0 Å². The molecule has 15 heavy (non-hydrogen) atoms. The van der Waals surface area contributed by atoms with Crippen molar-refractivity contribution in [2.24, 2.45) is 0 Å². The van der Waals surface area contributed by atoms with Crippen molar-refractivity contribution in [2.75, 3.05) is 13.2 Å². The Kier molecular flexibility index (Phi) is 5.15. The second kappa shape index (κ2) is 6.43. The van der Waals surface area contributed by atoms with Crippen molar-refractivity contribution in [3.63, 3.8) is 0 Å². The van der Waals surface area contributed by atoms with E-state index in [1.165, 1.54) is 0 Å². The number of hydrogen-bond acceptors (Lipinski definition) is 3. The molecular weight excluding hydrogens is 190 g/mol. The molecule has 84 valence electrons. The van der Waals surface area contributed by atoms with E-state index in [1.54, 1.807) is 6.26 Å². The lowest BCUT2D eigenvalue weighted by atomic mass is 10.3. The highest BCUT2D eigenvalue weighted by atomic mass is 16.5. The fourth-order valence-corrected chi connectivity index (χ4v) is 1.09. The molecule has 0 aliphatic carbocycles. The Bertz CT molecular complexity index is 278. The van der Waals surface area contributed by atoms with Gasteiger partial charge in [0.15, 0.2) is 0 Å². The van der Waals surface area contributed by atoms with Gasteiger partial charge in [-0.05, 0) is 17.7 Å². The molecule has 3 heteroatoms. The van der Waals surface area contributed by atoms with Gasteiger partial charge in [0.2, 0.25) is 0 Å². The van der Waals surface area contributed by atoms with Crippen molar-refractivity contribution in [3.8, 4) is 0 Å². The maximum absolute atomic E-state index is 5.44. The van der Waals surface area contributed by atoms with E-state index in [2.05, 4.69) is 25.7 Å². The van der Waals surface area contributed by atoms with Crippen LogP contribution in [0.4, 0.5) is 0 Å². The molecule has 0 unspecified atom stereocenters. The molecule has 0 aromatic carbocycles. The fourth-order valence-electron chi connectivity index (χ4n) is 1.09. The van der Waals surface area contributed by atoms with Crippen LogP contribution in [-0.2, 0) is 11.3 Å². The van der Waals surface area contributed by atoms with Crippen LogP contribution < -0.4 is 5.32 Å². The van der Waals surface area contributed by atoms with E-state index >= 15 is 0 Å². The lowest BCUT2D eigenvalue weighted by molar-refractivity contribution is 0.125. The Balaban J connectivity index is 2.07. The molecule has 0 spiro atoms. The van der Waals surface area contributed by atoms with Crippen LogP contribution in [-0.4, -0.2) is 19.2 Å². The second-order valence-electron chi connectivity index (χ2n) is 3.86. The molecule has 1 aromatic heterocycles. The molecule has 0 bridgehead atoms. The van der Waals surface area contributed by atoms with Crippen molar-refractivity contribution in [2.45, 2.75) is 26.5 Å². The summed E-state index contributed by atoms with van der Waals surface area (Å²) in [5.74, 6) is 0.847. The van der Waals surface area contributed by atoms with Gasteiger partial charge in [-0.25, -0.2) is 0 Å². The van der Waals surface area contributed by atoms with Gasteiger partial charge in [0.1, 0.15) is 12.4 Å². The molecular formula is C12H19NO2. The summed E-state index contributed by atoms with van der Waals surface area (Å²) in [6, 6.07) is 4.23. The SMILES string of the molecule is C=C(CNC(C)C)COCc1ccco1. The molecule has 0 fully saturated rings. The van der Waals surface area contributed by atoms with Gasteiger partial charge >= 0.3 is 0 Å². The van der Waals surface area contributed by atoms with Crippen LogP contribution in [0.5, 0.6) is 0 Å². The number of furan rings is 1. The van der Waals surface area contributed by atoms with Crippen LogP contribution in [0.1, 0.15) is 19.6 Å². The van der Waals surface area contributed by atoms with E-state index in [1.807, 2.05) is 12.1 Å². The summed E-state index contributed by atoms with van der Waals surface area (Å²) in [6.07, 6.45) is 1.65. The first-order valence-corrected chi connectivity index (χ1v) is 5.18. The minimum atomic E-state index is 0.479. The summed E-state index contributed by atoms with van der Waals surface area (Å²) in [6.45, 7) is 10.0. The predicted octanol–water partition coefficient (Wildman–Crippen LogP) is 2.35. The predicted molar refractivity (Wildman–Crippen MR) is 60.6 cm³/mol. The molecule has 1 rings (SSSR count). The average Bonchev–Trinajstić information content (AvgIpc) is 2.67. The Morgan fingerprint density at radius 2 is 2.40 bits per heavy atom. The maximum atomic E-state index is 5.44. The third-order valence-corrected chi connectivity index (χ3v) is 1.89. The van der Waals surface area contributed by atoms with Gasteiger partial charge in [-0.15, -0.1) is 0 Å². The number of nitrogens with one attached hydrogen (secondary N) is 1. The molecule has 1 N–H and O–H groups in total. The van der Waals surface area contributed by atoms with E-state index in [9.17, 15) is 0 Å². The van der Waals surface area contributed by atoms with E-state index in [4.69, 9.17) is 9.15 Å². The summed E-state index contributed by atoms with van der Waals surface area (Å²) >= 11 is 0. The molecule has 1 heterocycles. The molecule has 0 amide bonds. The minimum Gasteiger partial charge on any atom is -0.467 e. The van der Waals surface area contributed by atoms with Crippen molar-refractivity contribution in [1.29, 1.82) is 0 Å². The maximum Gasteiger partial charge on any atom is 0.129 e. The normalized spacial score (nSPS) is 10.9. The first-order chi connectivity index (χ1) is 7.18. The number of hydrogen-bond donors (Lipinski definition) is 1. The van der Waals surface area contributed by atoms with Gasteiger partial charge < -0.3 is 14.5 Å². The molecule has 0 radical (unpaired) electrons. The van der Waals surface area contributed by atoms with Crippen LogP contribution in [0.3, 0.4) is 0 Å². The van der Waals surface area contributed by atoms with Crippen molar-refractivity contribution in [1.82, 2.24) is 5.32 Å². The van der Waals surface area contributed by atoms with Crippen molar-refractivity contribution >= 4 is 0 Å². The summed E-state index contributed by atoms with van der Waals surface area (Å²) in [5, 5.41) is 3.29. The third kappa shape index (κ3) is 5.40. The average molecular weight is 209 g/mol. The second-order valence-corrected chi connectivity index (χ2v) is 3.86. The van der Waals surface area contributed by atoms with Gasteiger partial charge in [-0.2, -0.15) is 0 Å². The first kappa shape index (κ1) is 12.0. The van der Waals surface area contributed by atoms with Gasteiger partial charge in [0.25, 0.3) is 0 Å². The van der Waals surface area contributed by atoms with Crippen LogP contribution in [0, 0.1) is 0 Å². The molecule has 0 saturated heterocycles. The zero-order valence-corrected chi connectivity index (χ0v) is 9.45. The third-order valence-electron chi connectivity index (χ3n) is 1.89. The zero-order valence-electron chi connectivity index (χ0n) is 9.45. The highest BCUT2D eigenvalue weighted by Gasteiger charge is 1.99. The van der Waals surface area contributed by atoms with Crippen LogP contribution in [0.25, 0.3) is 0 Å². The molecule has 0 saturated carbocycles. The smallest absolute Gasteiger partial charge is 0.129 e. The number of rotatable bonds is 7. The van der Waals surface area contributed by atoms with E-state index < -0.39 is 0 Å². The molecule has 0 atom stereocenters. The van der Waals surface area contributed by atoms with E-state index in [0.717, 1.165) is 17.9 Å². The van der Waals surface area contributed by atoms with E-state index in [-0.39, 0.29) is 0 Å². The summed E-state index contributed by atoms with van der Waals surface area (Å²) in [5.41, 5.74) is 1.05. The van der Waals surface area contributed by atoms with Gasteiger partial charge in [-0.3, -0.25) is 0 Å². The van der Waals surface area contributed by atoms with Crippen molar-refractivity contribution in [3.05, 3.63) is 36.3 Å². The quantitative estimate of drug-likeness (QED) is 0.700. The lowest BCUT2D eigenvalue weighted by Crippen LogP contribution is -2.25. The highest BCUT2D eigenvalue weighted by Crippen LogP contribution is 2.02. The Morgan fingerprint density at radius 1 is 1.60 bits per heavy atom. The summed E-state index contributed by atoms with van der Waals surface area (Å²) < 4.78 is 10.6. The van der Waals surface area contributed by atoms with Gasteiger partial charge in [0, 0.05) is 12.6 Å². The highest BCUT2D eigenvalue weighted by molar-refractivity contribution is 4.99. The molecule has 0 aliphatic heterocycles. The topological polar surface area (TPSA) is 34.4 Å². The van der Waals surface area contributed by atoms with Gasteiger partial charge in [0.05, 0.1) is 12.9 Å². The standard InChI is InChI=1S/C12H19NO2/c1-10(2)13-7-11(3)8-14-9-12-5-4-6-15-12/h4-6,10,13H,3,7-9H2,1-2H3. The largest absolute Gasteiger partial charge is 0.467 e. The van der Waals surface area contributed by atoms with Gasteiger partial charge in [-0.1, -0.05) is 20.4 Å². The molecule has 0 aliphatic rings. The number of ether oxygens (including phenoxy) is 1. The molecule has 1 aromatic rings. The van der Waals surface area contributed by atoms with E-state index in [0.29, 0.717) is 19.3 Å². The summed E-state index contributed by atoms with van der Waals surface area (Å²) in [4.78, 5) is 0. The Labute approximate surface area is 91.1 Å². The monoisotopic (exact) mass is 209 g/mol. The fraction of sp³-hybridized carbons (Fsp3) is 0.500. The Morgan fingerprint density at radius 3 is 3.00 bits per heavy atom. The first-order valence-electron chi connectivity index (χ1n) is 5.18. The Hall–Kier alpha value is -1.06. The summed E-state index contributed by atoms with van der Waals surface area (Å²) in [7, 11) is 0. The lowest BCUT2D eigenvalue weighted by Gasteiger charge is -2.10. The molecule has 3 nitrogen and oxygen atoms in total. The van der Waals surface area contributed by atoms with Crippen LogP contribution in [0.15, 0.2) is 35.0 Å². The minimum absolute atomic E-state index is 0.479. The van der Waals surface area contributed by atoms with Crippen LogP contribution in [0.2, 0.25) is 0 Å².